The van der Waals surface area contributed by atoms with Gasteiger partial charge in [-0.1, -0.05) is 17.8 Å². The van der Waals surface area contributed by atoms with Crippen LogP contribution in [0.25, 0.3) is 11.3 Å². The van der Waals surface area contributed by atoms with Crippen LogP contribution in [-0.2, 0) is 16.1 Å². The number of nitrogens with zero attached hydrogens (tertiary/aromatic N) is 2. The molecule has 174 valence electrons. The molecule has 2 heterocycles. The number of esters is 1. The van der Waals surface area contributed by atoms with Crippen LogP contribution in [0.4, 0.5) is 5.69 Å². The largest absolute Gasteiger partial charge is 0.497 e. The highest BCUT2D eigenvalue weighted by atomic mass is 32.2. The Morgan fingerprint density at radius 2 is 1.91 bits per heavy atom. The van der Waals surface area contributed by atoms with Crippen molar-refractivity contribution in [3.8, 4) is 17.0 Å². The minimum Gasteiger partial charge on any atom is -0.497 e. The number of furan rings is 1. The van der Waals surface area contributed by atoms with Crippen molar-refractivity contribution in [1.82, 2.24) is 9.55 Å². The molecule has 0 radical (unpaired) electrons. The third-order valence-corrected chi connectivity index (χ3v) is 5.99. The standard InChI is InChI=1S/C25H23N3O5S/c1-31-20-10-8-17(9-11-20)22-14-26-25(28(22)15-21-7-4-12-33-21)34-16-23(29)27-19-6-3-5-18(13-19)24(30)32-2/h3-14H,15-16H2,1-2H3,(H,27,29). The second-order valence-electron chi connectivity index (χ2n) is 7.23. The van der Waals surface area contributed by atoms with Crippen molar-refractivity contribution in [2.45, 2.75) is 11.7 Å². The third-order valence-electron chi connectivity index (χ3n) is 5.00. The number of carbonyl (C=O) groups is 2. The number of carbonyl (C=O) groups excluding carboxylic acids is 2. The predicted molar refractivity (Wildman–Crippen MR) is 129 cm³/mol. The minimum absolute atomic E-state index is 0.139. The summed E-state index contributed by atoms with van der Waals surface area (Å²) in [5.74, 6) is 1.00. The summed E-state index contributed by atoms with van der Waals surface area (Å²) in [6.07, 6.45) is 3.41. The van der Waals surface area contributed by atoms with E-state index in [1.54, 1.807) is 43.8 Å². The monoisotopic (exact) mass is 477 g/mol. The van der Waals surface area contributed by atoms with E-state index in [0.717, 1.165) is 22.8 Å². The number of methoxy groups -OCH3 is 2. The van der Waals surface area contributed by atoms with Gasteiger partial charge in [0.1, 0.15) is 11.5 Å². The quantitative estimate of drug-likeness (QED) is 0.275. The maximum absolute atomic E-state index is 12.6. The van der Waals surface area contributed by atoms with Gasteiger partial charge in [0.2, 0.25) is 5.91 Å². The molecule has 0 saturated carbocycles. The van der Waals surface area contributed by atoms with Crippen LogP contribution < -0.4 is 10.1 Å². The number of hydrogen-bond donors (Lipinski definition) is 1. The lowest BCUT2D eigenvalue weighted by Crippen LogP contribution is -2.15. The average molecular weight is 478 g/mol. The van der Waals surface area contributed by atoms with Crippen LogP contribution in [0, 0.1) is 0 Å². The first-order chi connectivity index (χ1) is 16.6. The van der Waals surface area contributed by atoms with Gasteiger partial charge in [-0.2, -0.15) is 0 Å². The summed E-state index contributed by atoms with van der Waals surface area (Å²) >= 11 is 1.32. The van der Waals surface area contributed by atoms with Crippen molar-refractivity contribution in [2.75, 3.05) is 25.3 Å². The number of aromatic nitrogens is 2. The van der Waals surface area contributed by atoms with Crippen LogP contribution in [-0.4, -0.2) is 41.4 Å². The highest BCUT2D eigenvalue weighted by molar-refractivity contribution is 7.99. The fraction of sp³-hybridized carbons (Fsp3) is 0.160. The zero-order chi connectivity index (χ0) is 23.9. The predicted octanol–water partition coefficient (Wildman–Crippen LogP) is 4.72. The summed E-state index contributed by atoms with van der Waals surface area (Å²) in [7, 11) is 2.94. The van der Waals surface area contributed by atoms with Gasteiger partial charge in [-0.05, 0) is 54.6 Å². The van der Waals surface area contributed by atoms with E-state index in [-0.39, 0.29) is 11.7 Å². The van der Waals surface area contributed by atoms with E-state index in [1.807, 2.05) is 41.0 Å². The Morgan fingerprint density at radius 1 is 1.09 bits per heavy atom. The van der Waals surface area contributed by atoms with E-state index in [2.05, 4.69) is 10.3 Å². The van der Waals surface area contributed by atoms with Gasteiger partial charge < -0.3 is 23.8 Å². The minimum atomic E-state index is -0.462. The molecule has 4 aromatic rings. The highest BCUT2D eigenvalue weighted by Gasteiger charge is 2.16. The molecule has 0 aliphatic rings. The molecule has 0 atom stereocenters. The second-order valence-corrected chi connectivity index (χ2v) is 8.17. The van der Waals surface area contributed by atoms with Crippen molar-refractivity contribution >= 4 is 29.3 Å². The molecule has 1 amide bonds. The second kappa shape index (κ2) is 10.8. The lowest BCUT2D eigenvalue weighted by molar-refractivity contribution is -0.113. The molecule has 0 bridgehead atoms. The molecule has 4 rings (SSSR count). The molecule has 0 fully saturated rings. The van der Waals surface area contributed by atoms with E-state index in [9.17, 15) is 9.59 Å². The van der Waals surface area contributed by atoms with Crippen molar-refractivity contribution in [1.29, 1.82) is 0 Å². The van der Waals surface area contributed by atoms with E-state index < -0.39 is 5.97 Å². The maximum Gasteiger partial charge on any atom is 0.337 e. The molecular formula is C25H23N3O5S. The Balaban J connectivity index is 1.50. The van der Waals surface area contributed by atoms with Gasteiger partial charge in [0.25, 0.3) is 0 Å². The van der Waals surface area contributed by atoms with E-state index in [4.69, 9.17) is 13.9 Å². The number of imidazole rings is 1. The zero-order valence-corrected chi connectivity index (χ0v) is 19.5. The summed E-state index contributed by atoms with van der Waals surface area (Å²) < 4.78 is 17.5. The van der Waals surface area contributed by atoms with Crippen LogP contribution in [0.15, 0.2) is 82.7 Å². The zero-order valence-electron chi connectivity index (χ0n) is 18.7. The first-order valence-electron chi connectivity index (χ1n) is 10.4. The number of anilines is 1. The van der Waals surface area contributed by atoms with Gasteiger partial charge in [-0.15, -0.1) is 0 Å². The Morgan fingerprint density at radius 3 is 2.62 bits per heavy atom. The van der Waals surface area contributed by atoms with Crippen molar-refractivity contribution in [2.24, 2.45) is 0 Å². The normalized spacial score (nSPS) is 10.6. The first-order valence-corrected chi connectivity index (χ1v) is 11.4. The third kappa shape index (κ3) is 5.49. The van der Waals surface area contributed by atoms with Crippen molar-refractivity contribution < 1.29 is 23.5 Å². The van der Waals surface area contributed by atoms with Gasteiger partial charge in [0, 0.05) is 11.3 Å². The summed E-state index contributed by atoms with van der Waals surface area (Å²) in [6, 6.07) is 18.0. The Kier molecular flexibility index (Phi) is 7.34. The van der Waals surface area contributed by atoms with E-state index in [0.29, 0.717) is 23.0 Å². The van der Waals surface area contributed by atoms with E-state index >= 15 is 0 Å². The fourth-order valence-corrected chi connectivity index (χ4v) is 4.12. The van der Waals surface area contributed by atoms with Gasteiger partial charge >= 0.3 is 5.97 Å². The van der Waals surface area contributed by atoms with Crippen molar-refractivity contribution in [3.05, 3.63) is 84.4 Å². The number of ether oxygens (including phenoxy) is 2. The van der Waals surface area contributed by atoms with Crippen LogP contribution in [0.2, 0.25) is 0 Å². The number of thioether (sulfide) groups is 1. The molecule has 0 spiro atoms. The summed E-state index contributed by atoms with van der Waals surface area (Å²) in [5.41, 5.74) is 2.75. The molecular weight excluding hydrogens is 454 g/mol. The lowest BCUT2D eigenvalue weighted by Gasteiger charge is -2.11. The summed E-state index contributed by atoms with van der Waals surface area (Å²) in [6.45, 7) is 0.472. The molecule has 0 saturated heterocycles. The van der Waals surface area contributed by atoms with Crippen LogP contribution in [0.3, 0.4) is 0 Å². The molecule has 8 nitrogen and oxygen atoms in total. The molecule has 0 aliphatic carbocycles. The Hall–Kier alpha value is -3.98. The van der Waals surface area contributed by atoms with Gasteiger partial charge in [-0.3, -0.25) is 4.79 Å². The molecule has 0 aliphatic heterocycles. The van der Waals surface area contributed by atoms with Crippen LogP contribution in [0.1, 0.15) is 16.1 Å². The van der Waals surface area contributed by atoms with Gasteiger partial charge in [0.15, 0.2) is 5.16 Å². The Bertz CT molecular complexity index is 1270. The van der Waals surface area contributed by atoms with E-state index in [1.165, 1.54) is 18.9 Å². The Labute approximate surface area is 200 Å². The molecule has 0 unspecified atom stereocenters. The highest BCUT2D eigenvalue weighted by Crippen LogP contribution is 2.29. The van der Waals surface area contributed by atoms with Crippen molar-refractivity contribution in [3.63, 3.8) is 0 Å². The fourth-order valence-electron chi connectivity index (χ4n) is 3.35. The first kappa shape index (κ1) is 23.2. The molecule has 34 heavy (non-hydrogen) atoms. The molecule has 1 N–H and O–H groups in total. The number of amides is 1. The SMILES string of the molecule is COC(=O)c1cccc(NC(=O)CSc2ncc(-c3ccc(OC)cc3)n2Cc2ccco2)c1. The van der Waals surface area contributed by atoms with Gasteiger partial charge in [-0.25, -0.2) is 9.78 Å². The molecule has 9 heteroatoms. The molecule has 2 aromatic heterocycles. The summed E-state index contributed by atoms with van der Waals surface area (Å²) in [4.78, 5) is 28.9. The lowest BCUT2D eigenvalue weighted by atomic mass is 10.1. The number of nitrogens with one attached hydrogen (secondary N) is 1. The topological polar surface area (TPSA) is 95.6 Å². The van der Waals surface area contributed by atoms with Crippen LogP contribution in [0.5, 0.6) is 5.75 Å². The maximum atomic E-state index is 12.6. The number of benzene rings is 2. The van der Waals surface area contributed by atoms with Gasteiger partial charge in [0.05, 0.1) is 50.2 Å². The molecule has 2 aromatic carbocycles. The smallest absolute Gasteiger partial charge is 0.337 e. The number of rotatable bonds is 9. The number of hydrogen-bond acceptors (Lipinski definition) is 7. The average Bonchev–Trinajstić information content (AvgIpc) is 3.53. The van der Waals surface area contributed by atoms with Crippen LogP contribution >= 0.6 is 11.8 Å². The summed E-state index contributed by atoms with van der Waals surface area (Å²) in [5, 5.41) is 3.49.